The molecule has 2 rings (SSSR count). The minimum absolute atomic E-state index is 0.101. The maximum absolute atomic E-state index is 12.2. The van der Waals surface area contributed by atoms with Crippen LogP contribution in [0.1, 0.15) is 29.8 Å². The molecule has 0 aromatic heterocycles. The van der Waals surface area contributed by atoms with Crippen LogP contribution in [0.5, 0.6) is 0 Å². The summed E-state index contributed by atoms with van der Waals surface area (Å²) in [6.07, 6.45) is 3.35. The molecule has 0 fully saturated rings. The van der Waals surface area contributed by atoms with Gasteiger partial charge in [-0.15, -0.1) is 0 Å². The fraction of sp³-hybridized carbons (Fsp3) is 0.211. The number of hydrogen-bond acceptors (Lipinski definition) is 2. The highest BCUT2D eigenvalue weighted by Crippen LogP contribution is 2.23. The number of halogens is 2. The second kappa shape index (κ2) is 8.19. The molecule has 0 atom stereocenters. The molecule has 4 heteroatoms. The first kappa shape index (κ1) is 17.6. The number of nitrogens with zero attached hydrogens (tertiary/aromatic N) is 1. The molecule has 0 saturated carbocycles. The Hall–Kier alpha value is -1.77. The molecule has 2 aromatic rings. The third-order valence-corrected chi connectivity index (χ3v) is 4.39. The Bertz CT molecular complexity index is 704. The number of ketones is 1. The van der Waals surface area contributed by atoms with Crippen molar-refractivity contribution in [1.82, 2.24) is 0 Å². The van der Waals surface area contributed by atoms with Crippen molar-refractivity contribution in [3.05, 3.63) is 69.7 Å². The van der Waals surface area contributed by atoms with Gasteiger partial charge in [-0.1, -0.05) is 41.4 Å². The van der Waals surface area contributed by atoms with Crippen molar-refractivity contribution >= 4 is 40.7 Å². The second-order valence-corrected chi connectivity index (χ2v) is 5.90. The molecular formula is C19H19Cl2NO. The number of hydrogen-bond donors (Lipinski definition) is 0. The molecule has 0 aliphatic rings. The second-order valence-electron chi connectivity index (χ2n) is 5.09. The molecule has 23 heavy (non-hydrogen) atoms. The highest BCUT2D eigenvalue weighted by atomic mass is 35.5. The fourth-order valence-electron chi connectivity index (χ4n) is 2.30. The summed E-state index contributed by atoms with van der Waals surface area (Å²) in [5.74, 6) is -0.101. The average molecular weight is 348 g/mol. The molecule has 2 nitrogen and oxygen atoms in total. The van der Waals surface area contributed by atoms with Crippen LogP contribution in [0.15, 0.2) is 48.5 Å². The third kappa shape index (κ3) is 4.60. The Labute approximate surface area is 147 Å². The van der Waals surface area contributed by atoms with Gasteiger partial charge >= 0.3 is 0 Å². The number of benzene rings is 2. The quantitative estimate of drug-likeness (QED) is 0.490. The van der Waals surface area contributed by atoms with Gasteiger partial charge in [0.1, 0.15) is 0 Å². The summed E-state index contributed by atoms with van der Waals surface area (Å²) < 4.78 is 0. The molecule has 0 bridgehead atoms. The topological polar surface area (TPSA) is 20.3 Å². The molecule has 0 spiro atoms. The zero-order chi connectivity index (χ0) is 16.8. The van der Waals surface area contributed by atoms with Crippen LogP contribution < -0.4 is 4.90 Å². The van der Waals surface area contributed by atoms with E-state index in [0.717, 1.165) is 18.7 Å². The van der Waals surface area contributed by atoms with Gasteiger partial charge in [-0.3, -0.25) is 4.79 Å². The number of carbonyl (C=O) groups excluding carboxylic acids is 1. The number of allylic oxidation sites excluding steroid dienone is 1. The van der Waals surface area contributed by atoms with Crippen molar-refractivity contribution < 1.29 is 4.79 Å². The van der Waals surface area contributed by atoms with Gasteiger partial charge in [-0.25, -0.2) is 0 Å². The Morgan fingerprint density at radius 1 is 1.00 bits per heavy atom. The zero-order valence-electron chi connectivity index (χ0n) is 13.2. The van der Waals surface area contributed by atoms with E-state index in [4.69, 9.17) is 23.2 Å². The molecule has 0 unspecified atom stereocenters. The van der Waals surface area contributed by atoms with Crippen molar-refractivity contribution in [1.29, 1.82) is 0 Å². The van der Waals surface area contributed by atoms with Gasteiger partial charge in [0.15, 0.2) is 5.78 Å². The molecule has 0 aliphatic heterocycles. The predicted octanol–water partition coefficient (Wildman–Crippen LogP) is 5.74. The Morgan fingerprint density at radius 3 is 2.22 bits per heavy atom. The van der Waals surface area contributed by atoms with Crippen LogP contribution in [0.2, 0.25) is 10.0 Å². The summed E-state index contributed by atoms with van der Waals surface area (Å²) in [6, 6.07) is 13.0. The van der Waals surface area contributed by atoms with Crippen molar-refractivity contribution in [3.8, 4) is 0 Å². The van der Waals surface area contributed by atoms with Gasteiger partial charge in [0, 0.05) is 24.3 Å². The van der Waals surface area contributed by atoms with E-state index in [2.05, 4.69) is 30.9 Å². The first-order chi connectivity index (χ1) is 11.0. The van der Waals surface area contributed by atoms with Crippen LogP contribution in [0, 0.1) is 0 Å². The van der Waals surface area contributed by atoms with E-state index in [1.54, 1.807) is 30.4 Å². The van der Waals surface area contributed by atoms with E-state index in [9.17, 15) is 4.79 Å². The predicted molar refractivity (Wildman–Crippen MR) is 99.8 cm³/mol. The van der Waals surface area contributed by atoms with E-state index in [-0.39, 0.29) is 5.78 Å². The molecule has 0 aliphatic carbocycles. The molecule has 0 heterocycles. The zero-order valence-corrected chi connectivity index (χ0v) is 14.7. The number of rotatable bonds is 6. The monoisotopic (exact) mass is 347 g/mol. The molecule has 2 aromatic carbocycles. The number of anilines is 1. The van der Waals surface area contributed by atoms with E-state index in [1.165, 1.54) is 5.69 Å². The summed E-state index contributed by atoms with van der Waals surface area (Å²) in [5.41, 5.74) is 2.69. The van der Waals surface area contributed by atoms with E-state index in [0.29, 0.717) is 15.6 Å². The molecule has 0 amide bonds. The summed E-state index contributed by atoms with van der Waals surface area (Å²) in [5, 5.41) is 0.827. The molecular weight excluding hydrogens is 329 g/mol. The first-order valence-corrected chi connectivity index (χ1v) is 8.33. The Balaban J connectivity index is 2.10. The normalized spacial score (nSPS) is 11.0. The summed E-state index contributed by atoms with van der Waals surface area (Å²) >= 11 is 11.8. The lowest BCUT2D eigenvalue weighted by Gasteiger charge is -2.20. The lowest BCUT2D eigenvalue weighted by Crippen LogP contribution is -2.21. The highest BCUT2D eigenvalue weighted by Gasteiger charge is 2.05. The maximum atomic E-state index is 12.2. The number of carbonyl (C=O) groups is 1. The minimum atomic E-state index is -0.101. The van der Waals surface area contributed by atoms with E-state index >= 15 is 0 Å². The average Bonchev–Trinajstić information content (AvgIpc) is 2.57. The molecule has 0 radical (unpaired) electrons. The third-order valence-electron chi connectivity index (χ3n) is 3.65. The van der Waals surface area contributed by atoms with E-state index < -0.39 is 0 Å². The fourth-order valence-corrected chi connectivity index (χ4v) is 2.60. The van der Waals surface area contributed by atoms with E-state index in [1.807, 2.05) is 12.1 Å². The van der Waals surface area contributed by atoms with Crippen molar-refractivity contribution in [2.24, 2.45) is 0 Å². The standard InChI is InChI=1S/C19H19Cl2NO/c1-3-22(4-2)16-9-5-14(6-10-16)7-12-19(23)15-8-11-17(20)18(21)13-15/h5-13H,3-4H2,1-2H3/b12-7+. The lowest BCUT2D eigenvalue weighted by molar-refractivity contribution is 0.104. The smallest absolute Gasteiger partial charge is 0.185 e. The highest BCUT2D eigenvalue weighted by molar-refractivity contribution is 6.42. The van der Waals surface area contributed by atoms with Gasteiger partial charge in [0.05, 0.1) is 10.0 Å². The summed E-state index contributed by atoms with van der Waals surface area (Å²) in [6.45, 7) is 6.21. The largest absolute Gasteiger partial charge is 0.372 e. The van der Waals surface area contributed by atoms with Gasteiger partial charge in [0.25, 0.3) is 0 Å². The van der Waals surface area contributed by atoms with Crippen molar-refractivity contribution in [3.63, 3.8) is 0 Å². The van der Waals surface area contributed by atoms with Crippen LogP contribution in [-0.4, -0.2) is 18.9 Å². The molecule has 120 valence electrons. The van der Waals surface area contributed by atoms with Crippen LogP contribution in [0.25, 0.3) is 6.08 Å². The van der Waals surface area contributed by atoms with Gasteiger partial charge in [-0.05, 0) is 55.8 Å². The first-order valence-electron chi connectivity index (χ1n) is 7.57. The van der Waals surface area contributed by atoms with Crippen LogP contribution >= 0.6 is 23.2 Å². The SMILES string of the molecule is CCN(CC)c1ccc(/C=C/C(=O)c2ccc(Cl)c(Cl)c2)cc1. The minimum Gasteiger partial charge on any atom is -0.372 e. The van der Waals surface area contributed by atoms with Crippen LogP contribution in [0.3, 0.4) is 0 Å². The Kier molecular flexibility index (Phi) is 6.26. The van der Waals surface area contributed by atoms with Crippen molar-refractivity contribution in [2.75, 3.05) is 18.0 Å². The lowest BCUT2D eigenvalue weighted by atomic mass is 10.1. The maximum Gasteiger partial charge on any atom is 0.185 e. The van der Waals surface area contributed by atoms with Gasteiger partial charge in [-0.2, -0.15) is 0 Å². The van der Waals surface area contributed by atoms with Gasteiger partial charge < -0.3 is 4.90 Å². The summed E-state index contributed by atoms with van der Waals surface area (Å²) in [4.78, 5) is 14.4. The van der Waals surface area contributed by atoms with Crippen molar-refractivity contribution in [2.45, 2.75) is 13.8 Å². The van der Waals surface area contributed by atoms with Gasteiger partial charge in [0.2, 0.25) is 0 Å². The van der Waals surface area contributed by atoms with Crippen LogP contribution in [0.4, 0.5) is 5.69 Å². The Morgan fingerprint density at radius 2 is 1.65 bits per heavy atom. The molecule has 0 saturated heterocycles. The van der Waals surface area contributed by atoms with Crippen LogP contribution in [-0.2, 0) is 0 Å². The molecule has 0 N–H and O–H groups in total. The summed E-state index contributed by atoms with van der Waals surface area (Å²) in [7, 11) is 0.